The van der Waals surface area contributed by atoms with Crippen molar-refractivity contribution in [2.75, 3.05) is 0 Å². The molecule has 0 bridgehead atoms. The smallest absolute Gasteiger partial charge is 0.0813 e. The van der Waals surface area contributed by atoms with Crippen LogP contribution < -0.4 is 0 Å². The Morgan fingerprint density at radius 2 is 1.41 bits per heavy atom. The molecule has 1 radical (unpaired) electrons. The number of hydrogen-bond donors (Lipinski definition) is 0. The molecule has 34 heavy (non-hydrogen) atoms. The van der Waals surface area contributed by atoms with Crippen LogP contribution in [0.3, 0.4) is 0 Å². The van der Waals surface area contributed by atoms with E-state index in [1.165, 1.54) is 5.56 Å². The maximum Gasteiger partial charge on any atom is 0.0813 e. The van der Waals surface area contributed by atoms with Crippen molar-refractivity contribution in [2.45, 2.75) is 13.6 Å². The minimum Gasteiger partial charge on any atom is -0.304 e. The van der Waals surface area contributed by atoms with Gasteiger partial charge in [0, 0.05) is 32.5 Å². The van der Waals surface area contributed by atoms with Gasteiger partial charge in [-0.1, -0.05) is 60.2 Å². The third-order valence-corrected chi connectivity index (χ3v) is 5.11. The molecule has 4 heteroatoms. The normalized spacial score (nSPS) is 9.94. The summed E-state index contributed by atoms with van der Waals surface area (Å²) in [7, 11) is 0. The van der Waals surface area contributed by atoms with E-state index in [9.17, 15) is 4.39 Å². The fraction of sp³-hybridized carbons (Fsp3) is 0.0667. The summed E-state index contributed by atoms with van der Waals surface area (Å²) in [5, 5.41) is 0. The van der Waals surface area contributed by atoms with Gasteiger partial charge in [-0.2, -0.15) is 0 Å². The van der Waals surface area contributed by atoms with E-state index in [0.29, 0.717) is 5.56 Å². The van der Waals surface area contributed by atoms with E-state index in [2.05, 4.69) is 40.3 Å². The Balaban J connectivity index is 0.000000188. The number of nitrogens with zero attached hydrogens (tertiary/aromatic N) is 2. The van der Waals surface area contributed by atoms with Crippen molar-refractivity contribution < 1.29 is 24.5 Å². The van der Waals surface area contributed by atoms with Crippen molar-refractivity contribution in [2.24, 2.45) is 0 Å². The quantitative estimate of drug-likeness (QED) is 0.194. The first-order valence-electron chi connectivity index (χ1n) is 10.7. The molecule has 0 spiro atoms. The van der Waals surface area contributed by atoms with Gasteiger partial charge in [0.15, 0.2) is 0 Å². The van der Waals surface area contributed by atoms with E-state index >= 15 is 0 Å². The number of aromatic nitrogens is 2. The first kappa shape index (κ1) is 25.2. The predicted molar refractivity (Wildman–Crippen MR) is 132 cm³/mol. The Hall–Kier alpha value is -3.46. The van der Waals surface area contributed by atoms with Gasteiger partial charge in [0.05, 0.1) is 6.67 Å². The number of hydrogen-bond acceptors (Lipinski definition) is 2. The molecular formula is C30H23FIrN2-2. The molecule has 5 rings (SSSR count). The van der Waals surface area contributed by atoms with Crippen molar-refractivity contribution in [3.05, 3.63) is 133 Å². The van der Waals surface area contributed by atoms with Crippen molar-refractivity contribution in [3.63, 3.8) is 0 Å². The van der Waals surface area contributed by atoms with Crippen LogP contribution >= 0.6 is 0 Å². The van der Waals surface area contributed by atoms with E-state index in [4.69, 9.17) is 0 Å². The molecule has 0 N–H and O–H groups in total. The number of aryl methyl sites for hydroxylation is 1. The first-order chi connectivity index (χ1) is 16.2. The van der Waals surface area contributed by atoms with Crippen molar-refractivity contribution in [3.8, 4) is 33.6 Å². The molecular weight excluding hydrogens is 600 g/mol. The molecule has 0 aliphatic rings. The van der Waals surface area contributed by atoms with Crippen LogP contribution in [0.2, 0.25) is 0 Å². The minimum absolute atomic E-state index is 0. The topological polar surface area (TPSA) is 25.8 Å². The van der Waals surface area contributed by atoms with Gasteiger partial charge in [0.1, 0.15) is 0 Å². The molecule has 2 nitrogen and oxygen atoms in total. The van der Waals surface area contributed by atoms with Crippen molar-refractivity contribution in [1.29, 1.82) is 0 Å². The molecule has 3 aromatic carbocycles. The van der Waals surface area contributed by atoms with Crippen LogP contribution in [0.1, 0.15) is 11.1 Å². The molecule has 0 saturated heterocycles. The van der Waals surface area contributed by atoms with Gasteiger partial charge in [-0.25, -0.2) is 0 Å². The molecule has 2 aromatic heterocycles. The summed E-state index contributed by atoms with van der Waals surface area (Å²) in [5.74, 6) is 0. The molecule has 0 aliphatic heterocycles. The standard InChI is InChI=1S/C17H12N.C13H11FN.Ir/c1-3-7-14(8-4-1)16-11-12-17(18-13-16)15-9-5-2-6-10-15;1-10-6-7-13(15-9-10)12-5-3-2-4-11(12)8-14;/h1-9,11-13H;2-4,6-7,9H,8H2,1H3;/q2*-1;. The summed E-state index contributed by atoms with van der Waals surface area (Å²) in [6.07, 6.45) is 3.68. The second kappa shape index (κ2) is 12.7. The van der Waals surface area contributed by atoms with Gasteiger partial charge >= 0.3 is 0 Å². The number of pyridine rings is 2. The predicted octanol–water partition coefficient (Wildman–Crippen LogP) is 7.54. The van der Waals surface area contributed by atoms with Gasteiger partial charge < -0.3 is 9.97 Å². The molecule has 0 fully saturated rings. The Morgan fingerprint density at radius 3 is 2.06 bits per heavy atom. The minimum atomic E-state index is -0.484. The summed E-state index contributed by atoms with van der Waals surface area (Å²) in [4.78, 5) is 8.75. The Labute approximate surface area is 213 Å². The summed E-state index contributed by atoms with van der Waals surface area (Å²) < 4.78 is 12.7. The molecule has 5 aromatic rings. The largest absolute Gasteiger partial charge is 0.304 e. The van der Waals surface area contributed by atoms with Crippen LogP contribution in [0.5, 0.6) is 0 Å². The maximum atomic E-state index is 12.7. The van der Waals surface area contributed by atoms with Crippen molar-refractivity contribution in [1.82, 2.24) is 9.97 Å². The van der Waals surface area contributed by atoms with Gasteiger partial charge in [-0.05, 0) is 35.0 Å². The zero-order valence-electron chi connectivity index (χ0n) is 18.7. The van der Waals surface area contributed by atoms with Gasteiger partial charge in [0.25, 0.3) is 0 Å². The molecule has 0 aliphatic carbocycles. The zero-order chi connectivity index (χ0) is 22.9. The van der Waals surface area contributed by atoms with Crippen LogP contribution in [0.4, 0.5) is 4.39 Å². The van der Waals surface area contributed by atoms with E-state index < -0.39 is 6.67 Å². The Kier molecular flexibility index (Phi) is 9.39. The number of benzene rings is 3. The molecule has 2 heterocycles. The first-order valence-corrected chi connectivity index (χ1v) is 10.7. The third kappa shape index (κ3) is 6.54. The zero-order valence-corrected chi connectivity index (χ0v) is 21.1. The summed E-state index contributed by atoms with van der Waals surface area (Å²) in [5.41, 5.74) is 7.55. The molecule has 0 saturated carbocycles. The fourth-order valence-corrected chi connectivity index (χ4v) is 3.34. The van der Waals surface area contributed by atoms with Crippen LogP contribution in [0.25, 0.3) is 33.6 Å². The Bertz CT molecular complexity index is 1210. The van der Waals surface area contributed by atoms with Gasteiger partial charge in [-0.3, -0.25) is 4.39 Å². The van der Waals surface area contributed by atoms with Crippen LogP contribution in [-0.4, -0.2) is 9.97 Å². The van der Waals surface area contributed by atoms with E-state index in [0.717, 1.165) is 33.6 Å². The monoisotopic (exact) mass is 623 g/mol. The average Bonchev–Trinajstić information content (AvgIpc) is 2.91. The van der Waals surface area contributed by atoms with Crippen LogP contribution in [0, 0.1) is 19.1 Å². The Morgan fingerprint density at radius 1 is 0.676 bits per heavy atom. The third-order valence-electron chi connectivity index (χ3n) is 5.11. The van der Waals surface area contributed by atoms with Crippen molar-refractivity contribution >= 4 is 0 Å². The molecule has 0 atom stereocenters. The number of halogens is 1. The summed E-state index contributed by atoms with van der Waals surface area (Å²) in [6, 6.07) is 37.7. The second-order valence-corrected chi connectivity index (χ2v) is 7.50. The van der Waals surface area contributed by atoms with E-state index in [1.54, 1.807) is 24.4 Å². The van der Waals surface area contributed by atoms with E-state index in [-0.39, 0.29) is 20.1 Å². The fourth-order valence-electron chi connectivity index (χ4n) is 3.34. The second-order valence-electron chi connectivity index (χ2n) is 7.50. The number of alkyl halides is 1. The van der Waals surface area contributed by atoms with Crippen LogP contribution in [-0.2, 0) is 26.8 Å². The molecule has 0 unspecified atom stereocenters. The maximum absolute atomic E-state index is 12.7. The molecule has 0 amide bonds. The van der Waals surface area contributed by atoms with Crippen LogP contribution in [0.15, 0.2) is 109 Å². The number of rotatable bonds is 4. The SMILES string of the molecule is Cc1ccc(-c2[c-]cccc2CF)nc1.[Ir].[c-]1ccccc1-c1ccc(-c2ccccc2)cn1. The van der Waals surface area contributed by atoms with Gasteiger partial charge in [0.2, 0.25) is 0 Å². The average molecular weight is 623 g/mol. The van der Waals surface area contributed by atoms with E-state index in [1.807, 2.05) is 73.8 Å². The molecule has 171 valence electrons. The summed E-state index contributed by atoms with van der Waals surface area (Å²) in [6.45, 7) is 1.49. The summed E-state index contributed by atoms with van der Waals surface area (Å²) >= 11 is 0. The van der Waals surface area contributed by atoms with Gasteiger partial charge in [-0.15, -0.1) is 65.7 Å².